The summed E-state index contributed by atoms with van der Waals surface area (Å²) in [4.78, 5) is 22.3. The van der Waals surface area contributed by atoms with Crippen LogP contribution in [-0.2, 0) is 22.4 Å². The van der Waals surface area contributed by atoms with Crippen LogP contribution in [0, 0.1) is 5.92 Å². The standard InChI is InChI=1S/C16H17N3O3/c1-10(20)18-13-3-2-4-14(8-13)19-15-6-5-11(16(21)22)7-12(15)9-17-19/h2-4,8-9,11H,5-7H2,1H3,(H,18,20)(H,21,22). The Kier molecular flexibility index (Phi) is 3.66. The van der Waals surface area contributed by atoms with Crippen LogP contribution in [0.15, 0.2) is 30.5 Å². The van der Waals surface area contributed by atoms with Crippen LogP contribution in [0.3, 0.4) is 0 Å². The number of benzene rings is 1. The molecule has 0 saturated carbocycles. The summed E-state index contributed by atoms with van der Waals surface area (Å²) in [5.74, 6) is -1.19. The van der Waals surface area contributed by atoms with Crippen molar-refractivity contribution in [3.63, 3.8) is 0 Å². The zero-order chi connectivity index (χ0) is 15.7. The first-order chi connectivity index (χ1) is 10.5. The summed E-state index contributed by atoms with van der Waals surface area (Å²) in [6.07, 6.45) is 3.58. The maximum absolute atomic E-state index is 11.2. The van der Waals surface area contributed by atoms with Gasteiger partial charge in [0.2, 0.25) is 5.91 Å². The van der Waals surface area contributed by atoms with Crippen LogP contribution < -0.4 is 5.32 Å². The van der Waals surface area contributed by atoms with Gasteiger partial charge in [0.25, 0.3) is 0 Å². The molecule has 0 fully saturated rings. The molecule has 114 valence electrons. The number of fused-ring (bicyclic) bond motifs is 1. The number of anilines is 1. The lowest BCUT2D eigenvalue weighted by Gasteiger charge is -2.19. The second-order valence-electron chi connectivity index (χ2n) is 5.54. The summed E-state index contributed by atoms with van der Waals surface area (Å²) in [5, 5.41) is 16.3. The number of nitrogens with one attached hydrogen (secondary N) is 1. The quantitative estimate of drug-likeness (QED) is 0.908. The molecular formula is C16H17N3O3. The lowest BCUT2D eigenvalue weighted by molar-refractivity contribution is -0.142. The molecule has 22 heavy (non-hydrogen) atoms. The average Bonchev–Trinajstić information content (AvgIpc) is 2.89. The molecule has 1 aliphatic rings. The number of aliphatic carboxylic acids is 1. The van der Waals surface area contributed by atoms with Gasteiger partial charge in [-0.2, -0.15) is 5.10 Å². The summed E-state index contributed by atoms with van der Waals surface area (Å²) in [6.45, 7) is 1.47. The minimum atomic E-state index is -0.744. The van der Waals surface area contributed by atoms with E-state index < -0.39 is 5.97 Å². The lowest BCUT2D eigenvalue weighted by atomic mass is 9.88. The normalized spacial score (nSPS) is 16.9. The SMILES string of the molecule is CC(=O)Nc1cccc(-n2ncc3c2CCC(C(=O)O)C3)c1. The number of nitrogens with zero attached hydrogens (tertiary/aromatic N) is 2. The van der Waals surface area contributed by atoms with Gasteiger partial charge in [0.1, 0.15) is 0 Å². The van der Waals surface area contributed by atoms with Gasteiger partial charge >= 0.3 is 5.97 Å². The highest BCUT2D eigenvalue weighted by molar-refractivity contribution is 5.88. The van der Waals surface area contributed by atoms with Gasteiger partial charge in [-0.1, -0.05) is 6.07 Å². The molecule has 2 aromatic rings. The van der Waals surface area contributed by atoms with Crippen LogP contribution in [0.5, 0.6) is 0 Å². The molecule has 1 atom stereocenters. The van der Waals surface area contributed by atoms with E-state index in [9.17, 15) is 9.59 Å². The molecule has 6 nitrogen and oxygen atoms in total. The van der Waals surface area contributed by atoms with E-state index in [1.165, 1.54) is 6.92 Å². The first kappa shape index (κ1) is 14.3. The van der Waals surface area contributed by atoms with Crippen molar-refractivity contribution in [1.29, 1.82) is 0 Å². The molecule has 0 saturated heterocycles. The van der Waals surface area contributed by atoms with E-state index in [2.05, 4.69) is 10.4 Å². The van der Waals surface area contributed by atoms with Gasteiger partial charge in [-0.05, 0) is 43.0 Å². The zero-order valence-corrected chi connectivity index (χ0v) is 12.2. The van der Waals surface area contributed by atoms with E-state index in [0.717, 1.165) is 16.9 Å². The van der Waals surface area contributed by atoms with E-state index in [-0.39, 0.29) is 11.8 Å². The first-order valence-corrected chi connectivity index (χ1v) is 7.21. The van der Waals surface area contributed by atoms with Crippen molar-refractivity contribution in [3.05, 3.63) is 41.7 Å². The van der Waals surface area contributed by atoms with Crippen molar-refractivity contribution in [1.82, 2.24) is 9.78 Å². The Hall–Kier alpha value is -2.63. The van der Waals surface area contributed by atoms with Gasteiger partial charge in [-0.15, -0.1) is 0 Å². The third kappa shape index (κ3) is 2.72. The third-order valence-corrected chi connectivity index (χ3v) is 3.91. The van der Waals surface area contributed by atoms with E-state index in [0.29, 0.717) is 24.9 Å². The molecular weight excluding hydrogens is 282 g/mol. The highest BCUT2D eigenvalue weighted by Gasteiger charge is 2.27. The molecule has 1 aliphatic carbocycles. The minimum Gasteiger partial charge on any atom is -0.481 e. The molecule has 0 spiro atoms. The molecule has 1 heterocycles. The predicted molar refractivity (Wildman–Crippen MR) is 81.0 cm³/mol. The number of carboxylic acid groups (broad SMARTS) is 1. The second kappa shape index (κ2) is 5.63. The maximum Gasteiger partial charge on any atom is 0.306 e. The predicted octanol–water partition coefficient (Wildman–Crippen LogP) is 2.02. The Morgan fingerprint density at radius 2 is 2.23 bits per heavy atom. The van der Waals surface area contributed by atoms with Crippen LogP contribution in [0.2, 0.25) is 0 Å². The Morgan fingerprint density at radius 1 is 1.41 bits per heavy atom. The highest BCUT2D eigenvalue weighted by Crippen LogP contribution is 2.28. The highest BCUT2D eigenvalue weighted by atomic mass is 16.4. The van der Waals surface area contributed by atoms with Gasteiger partial charge in [0.15, 0.2) is 0 Å². The van der Waals surface area contributed by atoms with Gasteiger partial charge in [-0.25, -0.2) is 4.68 Å². The number of carbonyl (C=O) groups excluding carboxylic acids is 1. The second-order valence-corrected chi connectivity index (χ2v) is 5.54. The van der Waals surface area contributed by atoms with E-state index >= 15 is 0 Å². The molecule has 6 heteroatoms. The van der Waals surface area contributed by atoms with E-state index in [4.69, 9.17) is 5.11 Å². The first-order valence-electron chi connectivity index (χ1n) is 7.21. The fourth-order valence-electron chi connectivity index (χ4n) is 2.88. The van der Waals surface area contributed by atoms with E-state index in [1.54, 1.807) is 6.20 Å². The largest absolute Gasteiger partial charge is 0.481 e. The number of carbonyl (C=O) groups is 2. The molecule has 2 N–H and O–H groups in total. The molecule has 3 rings (SSSR count). The fraction of sp³-hybridized carbons (Fsp3) is 0.312. The molecule has 1 aromatic heterocycles. The molecule has 1 amide bonds. The Labute approximate surface area is 127 Å². The Balaban J connectivity index is 1.91. The Bertz CT molecular complexity index is 736. The monoisotopic (exact) mass is 299 g/mol. The number of hydrogen-bond acceptors (Lipinski definition) is 3. The van der Waals surface area contributed by atoms with Crippen molar-refractivity contribution in [2.24, 2.45) is 5.92 Å². The summed E-state index contributed by atoms with van der Waals surface area (Å²) >= 11 is 0. The van der Waals surface area contributed by atoms with Gasteiger partial charge < -0.3 is 10.4 Å². The smallest absolute Gasteiger partial charge is 0.306 e. The lowest BCUT2D eigenvalue weighted by Crippen LogP contribution is -2.22. The van der Waals surface area contributed by atoms with Crippen LogP contribution in [-0.4, -0.2) is 26.8 Å². The summed E-state index contributed by atoms with van der Waals surface area (Å²) in [7, 11) is 0. The van der Waals surface area contributed by atoms with Crippen LogP contribution in [0.1, 0.15) is 24.6 Å². The van der Waals surface area contributed by atoms with Gasteiger partial charge in [0.05, 0.1) is 17.8 Å². The third-order valence-electron chi connectivity index (χ3n) is 3.91. The molecule has 0 radical (unpaired) electrons. The molecule has 0 bridgehead atoms. The number of aromatic nitrogens is 2. The molecule has 0 aliphatic heterocycles. The number of rotatable bonds is 3. The molecule has 1 unspecified atom stereocenters. The van der Waals surface area contributed by atoms with Gasteiger partial charge in [-0.3, -0.25) is 9.59 Å². The zero-order valence-electron chi connectivity index (χ0n) is 12.2. The maximum atomic E-state index is 11.2. The fourth-order valence-corrected chi connectivity index (χ4v) is 2.88. The average molecular weight is 299 g/mol. The van der Waals surface area contributed by atoms with Crippen molar-refractivity contribution in [3.8, 4) is 5.69 Å². The van der Waals surface area contributed by atoms with Crippen LogP contribution in [0.25, 0.3) is 5.69 Å². The van der Waals surface area contributed by atoms with Crippen molar-refractivity contribution >= 4 is 17.6 Å². The number of amides is 1. The van der Waals surface area contributed by atoms with Crippen LogP contribution >= 0.6 is 0 Å². The number of hydrogen-bond donors (Lipinski definition) is 2. The molecule has 1 aromatic carbocycles. The number of carboxylic acids is 1. The topological polar surface area (TPSA) is 84.2 Å². The summed E-state index contributed by atoms with van der Waals surface area (Å²) < 4.78 is 1.83. The van der Waals surface area contributed by atoms with E-state index in [1.807, 2.05) is 28.9 Å². The van der Waals surface area contributed by atoms with Crippen molar-refractivity contribution in [2.75, 3.05) is 5.32 Å². The minimum absolute atomic E-state index is 0.121. The summed E-state index contributed by atoms with van der Waals surface area (Å²) in [6, 6.07) is 7.46. The van der Waals surface area contributed by atoms with Gasteiger partial charge in [0, 0.05) is 18.3 Å². The van der Waals surface area contributed by atoms with Crippen molar-refractivity contribution < 1.29 is 14.7 Å². The Morgan fingerprint density at radius 3 is 2.95 bits per heavy atom. The summed E-state index contributed by atoms with van der Waals surface area (Å²) in [5.41, 5.74) is 3.62. The van der Waals surface area contributed by atoms with Crippen LogP contribution in [0.4, 0.5) is 5.69 Å². The van der Waals surface area contributed by atoms with Crippen molar-refractivity contribution in [2.45, 2.75) is 26.2 Å².